The standard InChI is InChI=1S/C26H27N3O4/c1-26(2,3)33-25(32)27-17-23(30)28-21-11-7-8-12-22(21)29-24(31)20-15-13-19(14-16-20)18-9-5-4-6-10-18/h4-16H,17H2,1-3H3,(H,27,32)(H,28,30)(H,29,31). The quantitative estimate of drug-likeness (QED) is 0.494. The van der Waals surface area contributed by atoms with Gasteiger partial charge >= 0.3 is 6.09 Å². The summed E-state index contributed by atoms with van der Waals surface area (Å²) in [7, 11) is 0. The van der Waals surface area contributed by atoms with Crippen molar-refractivity contribution in [3.63, 3.8) is 0 Å². The van der Waals surface area contributed by atoms with Gasteiger partial charge in [-0.3, -0.25) is 9.59 Å². The minimum Gasteiger partial charge on any atom is -0.444 e. The third kappa shape index (κ3) is 7.21. The molecular formula is C26H27N3O4. The summed E-state index contributed by atoms with van der Waals surface area (Å²) >= 11 is 0. The summed E-state index contributed by atoms with van der Waals surface area (Å²) in [6, 6.07) is 24.0. The molecule has 0 aliphatic carbocycles. The Balaban J connectivity index is 1.61. The predicted molar refractivity (Wildman–Crippen MR) is 129 cm³/mol. The molecule has 7 heteroatoms. The van der Waals surface area contributed by atoms with Crippen LogP contribution in [0.15, 0.2) is 78.9 Å². The number of para-hydroxylation sites is 2. The minimum atomic E-state index is -0.682. The van der Waals surface area contributed by atoms with E-state index in [0.29, 0.717) is 16.9 Å². The summed E-state index contributed by atoms with van der Waals surface area (Å²) in [5.74, 6) is -0.752. The highest BCUT2D eigenvalue weighted by Gasteiger charge is 2.17. The SMILES string of the molecule is CC(C)(C)OC(=O)NCC(=O)Nc1ccccc1NC(=O)c1ccc(-c2ccccc2)cc1. The molecule has 0 aliphatic rings. The van der Waals surface area contributed by atoms with Gasteiger partial charge in [-0.15, -0.1) is 0 Å². The number of carbonyl (C=O) groups is 3. The van der Waals surface area contributed by atoms with Gasteiger partial charge in [0.25, 0.3) is 5.91 Å². The van der Waals surface area contributed by atoms with E-state index < -0.39 is 17.6 Å². The number of anilines is 2. The first-order valence-electron chi connectivity index (χ1n) is 10.5. The monoisotopic (exact) mass is 445 g/mol. The van der Waals surface area contributed by atoms with Crippen LogP contribution in [0.5, 0.6) is 0 Å². The number of ether oxygens (including phenoxy) is 1. The zero-order valence-electron chi connectivity index (χ0n) is 18.8. The lowest BCUT2D eigenvalue weighted by molar-refractivity contribution is -0.115. The van der Waals surface area contributed by atoms with E-state index in [0.717, 1.165) is 11.1 Å². The molecule has 0 unspecified atom stereocenters. The van der Waals surface area contributed by atoms with Crippen LogP contribution in [-0.2, 0) is 9.53 Å². The van der Waals surface area contributed by atoms with Gasteiger partial charge in [0.15, 0.2) is 0 Å². The van der Waals surface area contributed by atoms with Crippen molar-refractivity contribution in [3.05, 3.63) is 84.4 Å². The number of rotatable bonds is 6. The first kappa shape index (κ1) is 23.5. The van der Waals surface area contributed by atoms with Gasteiger partial charge in [-0.25, -0.2) is 4.79 Å². The minimum absolute atomic E-state index is 0.266. The Bertz CT molecular complexity index is 1120. The van der Waals surface area contributed by atoms with Gasteiger partial charge in [-0.05, 0) is 56.2 Å². The van der Waals surface area contributed by atoms with Gasteiger partial charge in [0.05, 0.1) is 11.4 Å². The molecule has 7 nitrogen and oxygen atoms in total. The molecular weight excluding hydrogens is 418 g/mol. The maximum atomic E-state index is 12.8. The summed E-state index contributed by atoms with van der Waals surface area (Å²) in [6.07, 6.45) is -0.682. The Kier molecular flexibility index (Phi) is 7.46. The summed E-state index contributed by atoms with van der Waals surface area (Å²) in [5, 5.41) is 7.92. The van der Waals surface area contributed by atoms with Crippen molar-refractivity contribution < 1.29 is 19.1 Å². The molecule has 3 N–H and O–H groups in total. The van der Waals surface area contributed by atoms with E-state index in [1.54, 1.807) is 57.2 Å². The molecule has 3 aromatic carbocycles. The Hall–Kier alpha value is -4.13. The van der Waals surface area contributed by atoms with E-state index in [9.17, 15) is 14.4 Å². The van der Waals surface area contributed by atoms with Crippen molar-refractivity contribution in [2.75, 3.05) is 17.2 Å². The van der Waals surface area contributed by atoms with E-state index in [4.69, 9.17) is 4.74 Å². The Morgan fingerprint density at radius 3 is 1.88 bits per heavy atom. The van der Waals surface area contributed by atoms with Crippen LogP contribution >= 0.6 is 0 Å². The molecule has 0 saturated carbocycles. The maximum absolute atomic E-state index is 12.8. The number of nitrogens with one attached hydrogen (secondary N) is 3. The number of benzene rings is 3. The van der Waals surface area contributed by atoms with Crippen LogP contribution in [0.3, 0.4) is 0 Å². The molecule has 3 amide bonds. The number of alkyl carbamates (subject to hydrolysis) is 1. The largest absolute Gasteiger partial charge is 0.444 e. The van der Waals surface area contributed by atoms with Crippen LogP contribution in [0, 0.1) is 0 Å². The third-order valence-corrected chi connectivity index (χ3v) is 4.50. The van der Waals surface area contributed by atoms with E-state index in [1.807, 2.05) is 42.5 Å². The number of hydrogen-bond donors (Lipinski definition) is 3. The normalized spacial score (nSPS) is 10.8. The Morgan fingerprint density at radius 2 is 1.27 bits per heavy atom. The van der Waals surface area contributed by atoms with Crippen LogP contribution in [0.2, 0.25) is 0 Å². The summed E-state index contributed by atoms with van der Waals surface area (Å²) in [4.78, 5) is 36.7. The zero-order valence-corrected chi connectivity index (χ0v) is 18.8. The lowest BCUT2D eigenvalue weighted by Gasteiger charge is -2.19. The van der Waals surface area contributed by atoms with Crippen LogP contribution in [0.4, 0.5) is 16.2 Å². The fourth-order valence-corrected chi connectivity index (χ4v) is 3.00. The molecule has 0 atom stereocenters. The van der Waals surface area contributed by atoms with Gasteiger partial charge in [0.1, 0.15) is 12.1 Å². The molecule has 170 valence electrons. The molecule has 0 fully saturated rings. The average molecular weight is 446 g/mol. The second-order valence-corrected chi connectivity index (χ2v) is 8.35. The second kappa shape index (κ2) is 10.5. The summed E-state index contributed by atoms with van der Waals surface area (Å²) in [5.41, 5.74) is 2.77. The van der Waals surface area contributed by atoms with Gasteiger partial charge < -0.3 is 20.7 Å². The molecule has 0 bridgehead atoms. The van der Waals surface area contributed by atoms with Crippen molar-refractivity contribution in [2.45, 2.75) is 26.4 Å². The molecule has 0 heterocycles. The van der Waals surface area contributed by atoms with Crippen molar-refractivity contribution in [2.24, 2.45) is 0 Å². The van der Waals surface area contributed by atoms with Crippen LogP contribution in [0.25, 0.3) is 11.1 Å². The lowest BCUT2D eigenvalue weighted by atomic mass is 10.0. The topological polar surface area (TPSA) is 96.5 Å². The smallest absolute Gasteiger partial charge is 0.408 e. The Labute approximate surface area is 193 Å². The molecule has 3 aromatic rings. The van der Waals surface area contributed by atoms with Gasteiger partial charge in [-0.2, -0.15) is 0 Å². The fourth-order valence-electron chi connectivity index (χ4n) is 3.00. The molecule has 0 saturated heterocycles. The van der Waals surface area contributed by atoms with Gasteiger partial charge in [0, 0.05) is 5.56 Å². The first-order valence-corrected chi connectivity index (χ1v) is 10.5. The summed E-state index contributed by atoms with van der Waals surface area (Å²) < 4.78 is 5.11. The molecule has 0 spiro atoms. The highest BCUT2D eigenvalue weighted by Crippen LogP contribution is 2.23. The van der Waals surface area contributed by atoms with E-state index in [1.165, 1.54) is 0 Å². The number of carbonyl (C=O) groups excluding carboxylic acids is 3. The number of amides is 3. The summed E-state index contributed by atoms with van der Waals surface area (Å²) in [6.45, 7) is 4.94. The van der Waals surface area contributed by atoms with Gasteiger partial charge in [-0.1, -0.05) is 54.6 Å². The first-order chi connectivity index (χ1) is 15.7. The molecule has 33 heavy (non-hydrogen) atoms. The van der Waals surface area contributed by atoms with E-state index >= 15 is 0 Å². The lowest BCUT2D eigenvalue weighted by Crippen LogP contribution is -2.37. The zero-order chi connectivity index (χ0) is 23.8. The van der Waals surface area contributed by atoms with Crippen molar-refractivity contribution >= 4 is 29.3 Å². The maximum Gasteiger partial charge on any atom is 0.408 e. The average Bonchev–Trinajstić information content (AvgIpc) is 2.78. The Morgan fingerprint density at radius 1 is 0.727 bits per heavy atom. The van der Waals surface area contributed by atoms with Crippen LogP contribution in [0.1, 0.15) is 31.1 Å². The second-order valence-electron chi connectivity index (χ2n) is 8.35. The highest BCUT2D eigenvalue weighted by atomic mass is 16.6. The van der Waals surface area contributed by atoms with Crippen LogP contribution < -0.4 is 16.0 Å². The highest BCUT2D eigenvalue weighted by molar-refractivity contribution is 6.07. The van der Waals surface area contributed by atoms with Gasteiger partial charge in [0.2, 0.25) is 5.91 Å². The van der Waals surface area contributed by atoms with E-state index in [-0.39, 0.29) is 12.5 Å². The van der Waals surface area contributed by atoms with Crippen molar-refractivity contribution in [3.8, 4) is 11.1 Å². The van der Waals surface area contributed by atoms with Crippen LogP contribution in [-0.4, -0.2) is 30.1 Å². The molecule has 3 rings (SSSR count). The fraction of sp³-hybridized carbons (Fsp3) is 0.192. The molecule has 0 aliphatic heterocycles. The third-order valence-electron chi connectivity index (χ3n) is 4.50. The number of hydrogen-bond acceptors (Lipinski definition) is 4. The molecule has 0 aromatic heterocycles. The molecule has 0 radical (unpaired) electrons. The van der Waals surface area contributed by atoms with Crippen molar-refractivity contribution in [1.82, 2.24) is 5.32 Å². The van der Waals surface area contributed by atoms with E-state index in [2.05, 4.69) is 16.0 Å². The van der Waals surface area contributed by atoms with Crippen molar-refractivity contribution in [1.29, 1.82) is 0 Å². The predicted octanol–water partition coefficient (Wildman–Crippen LogP) is 5.07.